The molecule has 53 heavy (non-hydrogen) atoms. The van der Waals surface area contributed by atoms with Crippen LogP contribution in [0.15, 0.2) is 176 Å². The molecule has 0 saturated carbocycles. The minimum absolute atomic E-state index is 0.103. The normalized spacial score (nSPS) is 12.9. The molecule has 0 radical (unpaired) electrons. The van der Waals surface area contributed by atoms with E-state index in [-0.39, 0.29) is 5.41 Å². The van der Waals surface area contributed by atoms with E-state index in [9.17, 15) is 0 Å². The van der Waals surface area contributed by atoms with Gasteiger partial charge in [0.05, 0.1) is 0 Å². The number of nitrogens with zero attached hydrogens (tertiary/aromatic N) is 3. The Hall–Kier alpha value is -6.71. The summed E-state index contributed by atoms with van der Waals surface area (Å²) in [5, 5.41) is 4.76. The van der Waals surface area contributed by atoms with Gasteiger partial charge in [0.2, 0.25) is 0 Å². The molecule has 1 aliphatic carbocycles. The van der Waals surface area contributed by atoms with Gasteiger partial charge >= 0.3 is 0 Å². The van der Waals surface area contributed by atoms with Crippen molar-refractivity contribution in [1.82, 2.24) is 15.0 Å². The van der Waals surface area contributed by atoms with Crippen molar-refractivity contribution in [3.63, 3.8) is 0 Å². The molecule has 250 valence electrons. The first kappa shape index (κ1) is 31.1. The van der Waals surface area contributed by atoms with Gasteiger partial charge in [0.1, 0.15) is 0 Å². The van der Waals surface area contributed by atoms with Gasteiger partial charge in [0, 0.05) is 22.1 Å². The predicted octanol–water partition coefficient (Wildman–Crippen LogP) is 12.8. The van der Waals surface area contributed by atoms with E-state index in [4.69, 9.17) is 15.0 Å². The second-order valence-corrected chi connectivity index (χ2v) is 14.5. The minimum atomic E-state index is -0.103. The van der Waals surface area contributed by atoms with Crippen LogP contribution in [0, 0.1) is 0 Å². The Morgan fingerprint density at radius 2 is 0.774 bits per heavy atom. The van der Waals surface area contributed by atoms with E-state index >= 15 is 0 Å². The summed E-state index contributed by atoms with van der Waals surface area (Å²) in [6, 6.07) is 62.8. The molecule has 1 aromatic heterocycles. The van der Waals surface area contributed by atoms with Crippen LogP contribution >= 0.6 is 0 Å². The second kappa shape index (κ2) is 12.2. The molecule has 9 aromatic rings. The van der Waals surface area contributed by atoms with E-state index in [2.05, 4.69) is 172 Å². The molecule has 1 aliphatic rings. The van der Waals surface area contributed by atoms with Gasteiger partial charge in [-0.05, 0) is 102 Å². The zero-order valence-electron chi connectivity index (χ0n) is 29.6. The fourth-order valence-electron chi connectivity index (χ4n) is 8.02. The molecule has 0 aliphatic heterocycles. The molecule has 3 heteroatoms. The molecule has 0 saturated heterocycles. The van der Waals surface area contributed by atoms with Crippen molar-refractivity contribution >= 4 is 21.5 Å². The van der Waals surface area contributed by atoms with Crippen LogP contribution in [-0.4, -0.2) is 15.0 Å². The Morgan fingerprint density at radius 1 is 0.302 bits per heavy atom. The van der Waals surface area contributed by atoms with Gasteiger partial charge in [-0.3, -0.25) is 0 Å². The van der Waals surface area contributed by atoms with E-state index in [0.717, 1.165) is 38.8 Å². The van der Waals surface area contributed by atoms with Gasteiger partial charge < -0.3 is 0 Å². The van der Waals surface area contributed by atoms with Crippen LogP contribution in [0.3, 0.4) is 0 Å². The second-order valence-electron chi connectivity index (χ2n) is 14.5. The van der Waals surface area contributed by atoms with Crippen molar-refractivity contribution in [2.24, 2.45) is 0 Å². The monoisotopic (exact) mass is 677 g/mol. The molecule has 0 amide bonds. The molecule has 0 N–H and O–H groups in total. The molecular weight excluding hydrogens is 643 g/mol. The maximum atomic E-state index is 5.21. The maximum Gasteiger partial charge on any atom is 0.164 e. The average molecular weight is 678 g/mol. The van der Waals surface area contributed by atoms with Crippen molar-refractivity contribution in [1.29, 1.82) is 0 Å². The van der Waals surface area contributed by atoms with Gasteiger partial charge in [-0.2, -0.15) is 0 Å². The molecular formula is C50H35N3. The highest BCUT2D eigenvalue weighted by molar-refractivity contribution is 5.91. The number of fused-ring (bicyclic) bond motifs is 5. The van der Waals surface area contributed by atoms with Crippen LogP contribution < -0.4 is 0 Å². The standard InChI is InChI=1S/C50H35N3/c1-50(2)45-19-11-10-18-43(45)44-25-24-38(31-46(44)50)41-28-40(37-22-20-32-12-6-8-16-35(32)26-37)29-42(30-41)49-52-47(34-14-4-3-5-15-34)51-48(53-49)39-23-21-33-13-7-9-17-36(33)27-39/h3-31H,1-2H3. The van der Waals surface area contributed by atoms with Gasteiger partial charge in [-0.25, -0.2) is 15.0 Å². The largest absolute Gasteiger partial charge is 0.208 e. The molecule has 3 nitrogen and oxygen atoms in total. The zero-order chi connectivity index (χ0) is 35.5. The number of benzene rings is 8. The molecule has 10 rings (SSSR count). The Labute approximate surface area is 309 Å². The summed E-state index contributed by atoms with van der Waals surface area (Å²) >= 11 is 0. The van der Waals surface area contributed by atoms with Gasteiger partial charge in [0.15, 0.2) is 17.5 Å². The Bertz CT molecular complexity index is 2870. The zero-order valence-corrected chi connectivity index (χ0v) is 29.6. The summed E-state index contributed by atoms with van der Waals surface area (Å²) in [6.45, 7) is 4.67. The number of aromatic nitrogens is 3. The predicted molar refractivity (Wildman–Crippen MR) is 220 cm³/mol. The highest BCUT2D eigenvalue weighted by Gasteiger charge is 2.35. The quantitative estimate of drug-likeness (QED) is 0.182. The first-order valence-corrected chi connectivity index (χ1v) is 18.2. The summed E-state index contributed by atoms with van der Waals surface area (Å²) in [4.78, 5) is 15.4. The highest BCUT2D eigenvalue weighted by Crippen LogP contribution is 2.49. The third-order valence-electron chi connectivity index (χ3n) is 10.9. The van der Waals surface area contributed by atoms with Crippen LogP contribution in [0.1, 0.15) is 25.0 Å². The van der Waals surface area contributed by atoms with Crippen molar-refractivity contribution < 1.29 is 0 Å². The van der Waals surface area contributed by atoms with E-state index in [0.29, 0.717) is 17.5 Å². The lowest BCUT2D eigenvalue weighted by atomic mass is 9.81. The summed E-state index contributed by atoms with van der Waals surface area (Å²) < 4.78 is 0. The van der Waals surface area contributed by atoms with Crippen LogP contribution in [-0.2, 0) is 5.41 Å². The lowest BCUT2D eigenvalue weighted by molar-refractivity contribution is 0.660. The van der Waals surface area contributed by atoms with Gasteiger partial charge in [0.25, 0.3) is 0 Å². The third kappa shape index (κ3) is 5.41. The van der Waals surface area contributed by atoms with Gasteiger partial charge in [-0.15, -0.1) is 0 Å². The Morgan fingerprint density at radius 3 is 1.47 bits per heavy atom. The lowest BCUT2D eigenvalue weighted by Gasteiger charge is -2.22. The fraction of sp³-hybridized carbons (Fsp3) is 0.0600. The smallest absolute Gasteiger partial charge is 0.164 e. The first-order chi connectivity index (χ1) is 26.0. The summed E-state index contributed by atoms with van der Waals surface area (Å²) in [6.07, 6.45) is 0. The molecule has 1 heterocycles. The molecule has 0 unspecified atom stereocenters. The topological polar surface area (TPSA) is 38.7 Å². The van der Waals surface area contributed by atoms with Crippen molar-refractivity contribution in [3.05, 3.63) is 187 Å². The van der Waals surface area contributed by atoms with Crippen molar-refractivity contribution in [2.75, 3.05) is 0 Å². The molecule has 0 spiro atoms. The number of hydrogen-bond acceptors (Lipinski definition) is 3. The fourth-order valence-corrected chi connectivity index (χ4v) is 8.02. The molecule has 0 atom stereocenters. The van der Waals surface area contributed by atoms with Crippen LogP contribution in [0.4, 0.5) is 0 Å². The van der Waals surface area contributed by atoms with Crippen LogP contribution in [0.2, 0.25) is 0 Å². The van der Waals surface area contributed by atoms with E-state index in [1.54, 1.807) is 0 Å². The number of rotatable bonds is 5. The van der Waals surface area contributed by atoms with Crippen LogP contribution in [0.25, 0.3) is 89.1 Å². The lowest BCUT2D eigenvalue weighted by Crippen LogP contribution is -2.14. The molecule has 0 fully saturated rings. The van der Waals surface area contributed by atoms with Crippen LogP contribution in [0.5, 0.6) is 0 Å². The number of hydrogen-bond donors (Lipinski definition) is 0. The minimum Gasteiger partial charge on any atom is -0.208 e. The molecule has 8 aromatic carbocycles. The first-order valence-electron chi connectivity index (χ1n) is 18.2. The highest BCUT2D eigenvalue weighted by atomic mass is 15.0. The van der Waals surface area contributed by atoms with Crippen molar-refractivity contribution in [2.45, 2.75) is 19.3 Å². The third-order valence-corrected chi connectivity index (χ3v) is 10.9. The summed E-state index contributed by atoms with van der Waals surface area (Å²) in [7, 11) is 0. The van der Waals surface area contributed by atoms with E-state index < -0.39 is 0 Å². The van der Waals surface area contributed by atoms with Crippen molar-refractivity contribution in [3.8, 4) is 67.5 Å². The summed E-state index contributed by atoms with van der Waals surface area (Å²) in [5.41, 5.74) is 12.6. The Balaban J connectivity index is 1.19. The Kier molecular flexibility index (Phi) is 7.16. The maximum absolute atomic E-state index is 5.21. The average Bonchev–Trinajstić information content (AvgIpc) is 3.45. The SMILES string of the molecule is CC1(C)c2ccccc2-c2ccc(-c3cc(-c4ccc5ccccc5c4)cc(-c4nc(-c5ccccc5)nc(-c5ccc6ccccc6c5)n4)c3)cc21. The molecule has 0 bridgehead atoms. The van der Waals surface area contributed by atoms with E-state index in [1.165, 1.54) is 44.0 Å². The van der Waals surface area contributed by atoms with Gasteiger partial charge in [-0.1, -0.05) is 153 Å². The van der Waals surface area contributed by atoms with E-state index in [1.807, 2.05) is 18.2 Å². The summed E-state index contributed by atoms with van der Waals surface area (Å²) in [5.74, 6) is 1.93.